The van der Waals surface area contributed by atoms with Crippen molar-refractivity contribution < 1.29 is 9.53 Å². The Morgan fingerprint density at radius 1 is 1.00 bits per heavy atom. The van der Waals surface area contributed by atoms with Gasteiger partial charge in [0, 0.05) is 11.4 Å². The molecule has 0 saturated heterocycles. The third-order valence-corrected chi connectivity index (χ3v) is 3.35. The maximum absolute atomic E-state index is 11.8. The molecule has 2 rings (SSSR count). The molecule has 20 heavy (non-hydrogen) atoms. The van der Waals surface area contributed by atoms with Crippen molar-refractivity contribution in [3.63, 3.8) is 0 Å². The van der Waals surface area contributed by atoms with E-state index in [1.54, 1.807) is 0 Å². The second-order valence-electron chi connectivity index (χ2n) is 4.60. The highest BCUT2D eigenvalue weighted by atomic mass is 35.5. The summed E-state index contributed by atoms with van der Waals surface area (Å²) in [5.74, 6) is 0.382. The average molecular weight is 289 g/mol. The summed E-state index contributed by atoms with van der Waals surface area (Å²) in [6.45, 7) is 2.09. The van der Waals surface area contributed by atoms with Gasteiger partial charge in [0.05, 0.1) is 0 Å². The van der Waals surface area contributed by atoms with Crippen LogP contribution in [-0.2, 0) is 17.6 Å². The number of benzene rings is 2. The molecule has 0 heterocycles. The van der Waals surface area contributed by atoms with Crippen LogP contribution in [0.15, 0.2) is 48.5 Å². The highest BCUT2D eigenvalue weighted by Crippen LogP contribution is 2.15. The van der Waals surface area contributed by atoms with Gasteiger partial charge < -0.3 is 4.74 Å². The quantitative estimate of drug-likeness (QED) is 0.600. The van der Waals surface area contributed by atoms with Crippen molar-refractivity contribution in [2.75, 3.05) is 0 Å². The van der Waals surface area contributed by atoms with Gasteiger partial charge in [0.15, 0.2) is 0 Å². The van der Waals surface area contributed by atoms with Gasteiger partial charge in [-0.05, 0) is 48.2 Å². The molecule has 0 bridgehead atoms. The first-order valence-corrected chi connectivity index (χ1v) is 7.09. The van der Waals surface area contributed by atoms with Crippen molar-refractivity contribution in [2.45, 2.75) is 26.2 Å². The van der Waals surface area contributed by atoms with Crippen LogP contribution in [0.3, 0.4) is 0 Å². The van der Waals surface area contributed by atoms with E-state index in [4.69, 9.17) is 16.3 Å². The standard InChI is InChI=1S/C17H17ClO2/c1-2-13-5-10-16(11-6-13)20-17(19)12-7-14-3-8-15(18)9-4-14/h3-6,8-11H,2,7,12H2,1H3. The fraction of sp³-hybridized carbons (Fsp3) is 0.235. The van der Waals surface area contributed by atoms with Gasteiger partial charge in [-0.15, -0.1) is 0 Å². The van der Waals surface area contributed by atoms with Gasteiger partial charge in [0.1, 0.15) is 5.75 Å². The molecular formula is C17H17ClO2. The Morgan fingerprint density at radius 2 is 1.60 bits per heavy atom. The van der Waals surface area contributed by atoms with Crippen molar-refractivity contribution >= 4 is 17.6 Å². The van der Waals surface area contributed by atoms with Crippen molar-refractivity contribution in [2.24, 2.45) is 0 Å². The summed E-state index contributed by atoms with van der Waals surface area (Å²) >= 11 is 5.81. The highest BCUT2D eigenvalue weighted by molar-refractivity contribution is 6.30. The van der Waals surface area contributed by atoms with E-state index in [1.807, 2.05) is 48.5 Å². The van der Waals surface area contributed by atoms with Gasteiger partial charge in [-0.2, -0.15) is 0 Å². The predicted molar refractivity (Wildman–Crippen MR) is 81.2 cm³/mol. The van der Waals surface area contributed by atoms with Crippen LogP contribution in [0.1, 0.15) is 24.5 Å². The number of hydrogen-bond acceptors (Lipinski definition) is 2. The van der Waals surface area contributed by atoms with Crippen LogP contribution < -0.4 is 4.74 Å². The average Bonchev–Trinajstić information content (AvgIpc) is 2.47. The first kappa shape index (κ1) is 14.6. The topological polar surface area (TPSA) is 26.3 Å². The molecule has 0 atom stereocenters. The van der Waals surface area contributed by atoms with E-state index in [9.17, 15) is 4.79 Å². The normalized spacial score (nSPS) is 10.3. The Balaban J connectivity index is 1.84. The molecule has 0 amide bonds. The van der Waals surface area contributed by atoms with Crippen molar-refractivity contribution in [1.29, 1.82) is 0 Å². The monoisotopic (exact) mass is 288 g/mol. The van der Waals surface area contributed by atoms with E-state index < -0.39 is 0 Å². The highest BCUT2D eigenvalue weighted by Gasteiger charge is 2.05. The summed E-state index contributed by atoms with van der Waals surface area (Å²) in [7, 11) is 0. The Kier molecular flexibility index (Phi) is 5.19. The van der Waals surface area contributed by atoms with Crippen molar-refractivity contribution in [1.82, 2.24) is 0 Å². The first-order valence-electron chi connectivity index (χ1n) is 6.71. The number of carbonyl (C=O) groups excluding carboxylic acids is 1. The lowest BCUT2D eigenvalue weighted by Gasteiger charge is -2.05. The van der Waals surface area contributed by atoms with Crippen LogP contribution in [0, 0.1) is 0 Å². The summed E-state index contributed by atoms with van der Waals surface area (Å²) in [5, 5.41) is 0.701. The summed E-state index contributed by atoms with van der Waals surface area (Å²) in [4.78, 5) is 11.8. The van der Waals surface area contributed by atoms with Crippen LogP contribution in [0.2, 0.25) is 5.02 Å². The second-order valence-corrected chi connectivity index (χ2v) is 5.03. The van der Waals surface area contributed by atoms with E-state index in [0.717, 1.165) is 12.0 Å². The molecule has 0 aliphatic heterocycles. The molecule has 0 fully saturated rings. The lowest BCUT2D eigenvalue weighted by atomic mass is 10.1. The molecule has 0 N–H and O–H groups in total. The molecule has 0 unspecified atom stereocenters. The lowest BCUT2D eigenvalue weighted by molar-refractivity contribution is -0.134. The van der Waals surface area contributed by atoms with Gasteiger partial charge in [-0.25, -0.2) is 0 Å². The third-order valence-electron chi connectivity index (χ3n) is 3.09. The van der Waals surface area contributed by atoms with Crippen LogP contribution in [-0.4, -0.2) is 5.97 Å². The van der Waals surface area contributed by atoms with Gasteiger partial charge in [0.25, 0.3) is 0 Å². The molecular weight excluding hydrogens is 272 g/mol. The van der Waals surface area contributed by atoms with E-state index in [-0.39, 0.29) is 5.97 Å². The first-order chi connectivity index (χ1) is 9.67. The molecule has 104 valence electrons. The minimum atomic E-state index is -0.218. The lowest BCUT2D eigenvalue weighted by Crippen LogP contribution is -2.09. The van der Waals surface area contributed by atoms with Crippen LogP contribution >= 0.6 is 11.6 Å². The molecule has 0 aromatic heterocycles. The number of halogens is 1. The zero-order valence-electron chi connectivity index (χ0n) is 11.4. The van der Waals surface area contributed by atoms with E-state index in [2.05, 4.69) is 6.92 Å². The van der Waals surface area contributed by atoms with Crippen LogP contribution in [0.4, 0.5) is 0 Å². The molecule has 0 aliphatic carbocycles. The molecule has 0 radical (unpaired) electrons. The number of esters is 1. The number of carbonyl (C=O) groups is 1. The van der Waals surface area contributed by atoms with Crippen molar-refractivity contribution in [3.05, 3.63) is 64.7 Å². The van der Waals surface area contributed by atoms with E-state index in [0.29, 0.717) is 23.6 Å². The summed E-state index contributed by atoms with van der Waals surface area (Å²) < 4.78 is 5.29. The number of aryl methyl sites for hydroxylation is 2. The van der Waals surface area contributed by atoms with E-state index >= 15 is 0 Å². The van der Waals surface area contributed by atoms with Gasteiger partial charge in [-0.1, -0.05) is 42.8 Å². The van der Waals surface area contributed by atoms with E-state index in [1.165, 1.54) is 5.56 Å². The van der Waals surface area contributed by atoms with Gasteiger partial charge in [-0.3, -0.25) is 4.79 Å². The fourth-order valence-electron chi connectivity index (χ4n) is 1.87. The zero-order chi connectivity index (χ0) is 14.4. The van der Waals surface area contributed by atoms with Crippen LogP contribution in [0.25, 0.3) is 0 Å². The molecule has 0 aliphatic rings. The molecule has 3 heteroatoms. The maximum Gasteiger partial charge on any atom is 0.311 e. The molecule has 0 spiro atoms. The second kappa shape index (κ2) is 7.11. The summed E-state index contributed by atoms with van der Waals surface area (Å²) in [6, 6.07) is 15.1. The third kappa shape index (κ3) is 4.39. The summed E-state index contributed by atoms with van der Waals surface area (Å²) in [5.41, 5.74) is 2.30. The number of rotatable bonds is 5. The van der Waals surface area contributed by atoms with Crippen molar-refractivity contribution in [3.8, 4) is 5.75 Å². The van der Waals surface area contributed by atoms with Gasteiger partial charge in [0.2, 0.25) is 0 Å². The Labute approximate surface area is 124 Å². The summed E-state index contributed by atoms with van der Waals surface area (Å²) in [6.07, 6.45) is 1.99. The number of hydrogen-bond donors (Lipinski definition) is 0. The number of ether oxygens (including phenoxy) is 1. The Hall–Kier alpha value is -1.80. The minimum absolute atomic E-state index is 0.218. The SMILES string of the molecule is CCc1ccc(OC(=O)CCc2ccc(Cl)cc2)cc1. The molecule has 2 nitrogen and oxygen atoms in total. The zero-order valence-corrected chi connectivity index (χ0v) is 12.2. The Morgan fingerprint density at radius 3 is 2.20 bits per heavy atom. The molecule has 2 aromatic carbocycles. The molecule has 0 saturated carbocycles. The molecule has 2 aromatic rings. The fourth-order valence-corrected chi connectivity index (χ4v) is 2.00. The predicted octanol–water partition coefficient (Wildman–Crippen LogP) is 4.44. The largest absolute Gasteiger partial charge is 0.427 e. The minimum Gasteiger partial charge on any atom is -0.427 e. The van der Waals surface area contributed by atoms with Crippen LogP contribution in [0.5, 0.6) is 5.75 Å². The Bertz CT molecular complexity index is 559. The van der Waals surface area contributed by atoms with Gasteiger partial charge >= 0.3 is 5.97 Å². The maximum atomic E-state index is 11.8. The smallest absolute Gasteiger partial charge is 0.311 e.